The molecule has 1 heterocycles. The van der Waals surface area contributed by atoms with Crippen molar-refractivity contribution in [2.75, 3.05) is 45.3 Å². The Hall–Kier alpha value is -1.71. The van der Waals surface area contributed by atoms with E-state index in [0.717, 1.165) is 10.7 Å². The third-order valence-corrected chi connectivity index (χ3v) is 5.34. The van der Waals surface area contributed by atoms with Crippen LogP contribution in [0, 0.1) is 0 Å². The summed E-state index contributed by atoms with van der Waals surface area (Å²) >= 11 is 1.80. The fourth-order valence-corrected chi connectivity index (χ4v) is 3.45. The van der Waals surface area contributed by atoms with Crippen LogP contribution in [0.3, 0.4) is 0 Å². The van der Waals surface area contributed by atoms with E-state index >= 15 is 0 Å². The minimum atomic E-state index is -0.389. The lowest BCUT2D eigenvalue weighted by Gasteiger charge is -2.16. The van der Waals surface area contributed by atoms with Gasteiger partial charge in [-0.1, -0.05) is 20.8 Å². The van der Waals surface area contributed by atoms with Gasteiger partial charge in [-0.25, -0.2) is 0 Å². The van der Waals surface area contributed by atoms with Gasteiger partial charge in [-0.3, -0.25) is 24.1 Å². The van der Waals surface area contributed by atoms with Gasteiger partial charge < -0.3 is 14.8 Å². The zero-order valence-electron chi connectivity index (χ0n) is 18.2. The number of hydrogen-bond acceptors (Lipinski definition) is 7. The summed E-state index contributed by atoms with van der Waals surface area (Å²) in [7, 11) is 0. The summed E-state index contributed by atoms with van der Waals surface area (Å²) in [5.74, 6) is 0.115. The zero-order valence-corrected chi connectivity index (χ0v) is 19.1. The summed E-state index contributed by atoms with van der Waals surface area (Å²) in [4.78, 5) is 47.2. The van der Waals surface area contributed by atoms with Gasteiger partial charge in [0, 0.05) is 61.6 Å². The number of thioether (sulfide) groups is 1. The van der Waals surface area contributed by atoms with Crippen LogP contribution in [0.2, 0.25) is 0 Å². The lowest BCUT2D eigenvalue weighted by Crippen LogP contribution is -2.35. The molecule has 0 bridgehead atoms. The molecule has 3 amide bonds. The largest absolute Gasteiger partial charge is 0.379 e. The van der Waals surface area contributed by atoms with Gasteiger partial charge in [0.25, 0.3) is 11.8 Å². The van der Waals surface area contributed by atoms with E-state index in [1.54, 1.807) is 11.8 Å². The normalized spacial score (nSPS) is 13.9. The maximum Gasteiger partial charge on any atom is 0.253 e. The first-order valence-electron chi connectivity index (χ1n) is 10.3. The fourth-order valence-electron chi connectivity index (χ4n) is 2.51. The van der Waals surface area contributed by atoms with Gasteiger partial charge in [-0.05, 0) is 6.42 Å². The maximum atomic E-state index is 11.8. The van der Waals surface area contributed by atoms with Crippen LogP contribution in [0.25, 0.3) is 0 Å². The molecule has 0 fully saturated rings. The van der Waals surface area contributed by atoms with Crippen LogP contribution in [0.4, 0.5) is 0 Å². The van der Waals surface area contributed by atoms with Gasteiger partial charge >= 0.3 is 0 Å². The molecule has 0 unspecified atom stereocenters. The molecule has 0 atom stereocenters. The predicted molar refractivity (Wildman–Crippen MR) is 116 cm³/mol. The highest BCUT2D eigenvalue weighted by Gasteiger charge is 2.23. The predicted octanol–water partition coefficient (Wildman–Crippen LogP) is 1.72. The topological polar surface area (TPSA) is 102 Å². The van der Waals surface area contributed by atoms with E-state index < -0.39 is 0 Å². The number of nitrogens with zero attached hydrogens (tertiary/aromatic N) is 1. The van der Waals surface area contributed by atoms with Crippen molar-refractivity contribution in [1.29, 1.82) is 0 Å². The van der Waals surface area contributed by atoms with Crippen molar-refractivity contribution in [1.82, 2.24) is 10.2 Å². The van der Waals surface area contributed by atoms with Crippen LogP contribution in [0.5, 0.6) is 0 Å². The highest BCUT2D eigenvalue weighted by molar-refractivity contribution is 8.00. The Morgan fingerprint density at radius 1 is 0.967 bits per heavy atom. The Labute approximate surface area is 183 Å². The summed E-state index contributed by atoms with van der Waals surface area (Å²) < 4.78 is 11.0. The van der Waals surface area contributed by atoms with Crippen LogP contribution in [-0.4, -0.2) is 78.4 Å². The molecule has 0 saturated carbocycles. The van der Waals surface area contributed by atoms with Gasteiger partial charge in [0.15, 0.2) is 0 Å². The van der Waals surface area contributed by atoms with Crippen molar-refractivity contribution < 1.29 is 28.7 Å². The van der Waals surface area contributed by atoms with Crippen LogP contribution < -0.4 is 5.32 Å². The van der Waals surface area contributed by atoms with Gasteiger partial charge in [-0.15, -0.1) is 0 Å². The van der Waals surface area contributed by atoms with Crippen molar-refractivity contribution >= 4 is 35.3 Å². The Kier molecular flexibility index (Phi) is 12.6. The number of carbonyl (C=O) groups excluding carboxylic acids is 4. The van der Waals surface area contributed by atoms with E-state index in [1.165, 1.54) is 12.2 Å². The first kappa shape index (κ1) is 26.3. The molecule has 0 saturated heterocycles. The molecular weight excluding hydrogens is 408 g/mol. The minimum absolute atomic E-state index is 0.0654. The van der Waals surface area contributed by atoms with E-state index in [1.807, 2.05) is 0 Å². The quantitative estimate of drug-likeness (QED) is 0.287. The molecule has 8 nitrogen and oxygen atoms in total. The van der Waals surface area contributed by atoms with Gasteiger partial charge in [-0.2, -0.15) is 11.8 Å². The number of imide groups is 1. The molecule has 1 rings (SSSR count). The number of ether oxygens (including phenoxy) is 2. The number of amides is 3. The maximum absolute atomic E-state index is 11.8. The van der Waals surface area contributed by atoms with Crippen LogP contribution in [-0.2, 0) is 28.7 Å². The highest BCUT2D eigenvalue weighted by atomic mass is 32.2. The Balaban J connectivity index is 1.87. The van der Waals surface area contributed by atoms with Crippen molar-refractivity contribution in [3.8, 4) is 0 Å². The van der Waals surface area contributed by atoms with Gasteiger partial charge in [0.1, 0.15) is 5.78 Å². The lowest BCUT2D eigenvalue weighted by atomic mass is 10.2. The molecule has 0 aliphatic carbocycles. The summed E-state index contributed by atoms with van der Waals surface area (Å²) in [5, 5.41) is 2.67. The standard InChI is InChI=1S/C21H34N2O6S/c1-21(2,3)30-16-9-17(24)5-4-12-28-14-15-29-13-10-22-18(25)8-11-23-19(26)6-7-20(23)27/h6-7H,4-5,8-16H2,1-3H3,(H,22,25). The van der Waals surface area contributed by atoms with Crippen LogP contribution in [0.1, 0.15) is 46.5 Å². The first-order valence-corrected chi connectivity index (χ1v) is 11.3. The first-order chi connectivity index (χ1) is 14.2. The summed E-state index contributed by atoms with van der Waals surface area (Å²) in [5.41, 5.74) is 0. The molecule has 0 aromatic rings. The number of Topliss-reactive ketones (excluding diaryl/α,β-unsaturated/α-hetero) is 1. The molecule has 9 heteroatoms. The second-order valence-corrected chi connectivity index (χ2v) is 9.76. The SMILES string of the molecule is CC(C)(C)SCCC(=O)CCCOCCOCCNC(=O)CCN1C(=O)C=CC1=O. The Bertz CT molecular complexity index is 597. The van der Waals surface area contributed by atoms with Crippen molar-refractivity contribution in [2.45, 2.75) is 51.2 Å². The summed E-state index contributed by atoms with van der Waals surface area (Å²) in [6.07, 6.45) is 4.33. The lowest BCUT2D eigenvalue weighted by molar-refractivity contribution is -0.137. The van der Waals surface area contributed by atoms with E-state index in [4.69, 9.17) is 9.47 Å². The molecule has 1 aliphatic heterocycles. The van der Waals surface area contributed by atoms with E-state index in [-0.39, 0.29) is 41.2 Å². The molecule has 30 heavy (non-hydrogen) atoms. The third-order valence-electron chi connectivity index (χ3n) is 4.06. The molecule has 0 radical (unpaired) electrons. The van der Waals surface area contributed by atoms with Crippen molar-refractivity contribution in [3.63, 3.8) is 0 Å². The number of hydrogen-bond donors (Lipinski definition) is 1. The number of carbonyl (C=O) groups is 4. The summed E-state index contributed by atoms with van der Waals surface area (Å²) in [6, 6.07) is 0. The molecular formula is C21H34N2O6S. The second-order valence-electron chi connectivity index (χ2n) is 7.84. The molecule has 0 aromatic heterocycles. The smallest absolute Gasteiger partial charge is 0.253 e. The van der Waals surface area contributed by atoms with Crippen molar-refractivity contribution in [3.05, 3.63) is 12.2 Å². The second kappa shape index (κ2) is 14.3. The van der Waals surface area contributed by atoms with Crippen LogP contribution in [0.15, 0.2) is 12.2 Å². The zero-order chi connectivity index (χ0) is 22.4. The van der Waals surface area contributed by atoms with E-state index in [0.29, 0.717) is 52.2 Å². The average Bonchev–Trinajstić information content (AvgIpc) is 2.98. The average molecular weight is 443 g/mol. The number of rotatable bonds is 16. The monoisotopic (exact) mass is 442 g/mol. The fraction of sp³-hybridized carbons (Fsp3) is 0.714. The minimum Gasteiger partial charge on any atom is -0.379 e. The van der Waals surface area contributed by atoms with Crippen molar-refractivity contribution in [2.24, 2.45) is 0 Å². The van der Waals surface area contributed by atoms with Gasteiger partial charge in [0.05, 0.1) is 19.8 Å². The molecule has 0 spiro atoms. The van der Waals surface area contributed by atoms with Crippen LogP contribution >= 0.6 is 11.8 Å². The summed E-state index contributed by atoms with van der Waals surface area (Å²) in [6.45, 7) is 8.58. The van der Waals surface area contributed by atoms with E-state index in [2.05, 4.69) is 26.1 Å². The molecule has 1 aliphatic rings. The molecule has 1 N–H and O–H groups in total. The number of nitrogens with one attached hydrogen (secondary N) is 1. The number of ketones is 1. The Morgan fingerprint density at radius 3 is 2.23 bits per heavy atom. The van der Waals surface area contributed by atoms with Gasteiger partial charge in [0.2, 0.25) is 5.91 Å². The van der Waals surface area contributed by atoms with E-state index in [9.17, 15) is 19.2 Å². The molecule has 0 aromatic carbocycles. The molecule has 170 valence electrons. The third kappa shape index (κ3) is 12.8. The highest BCUT2D eigenvalue weighted by Crippen LogP contribution is 2.23. The Morgan fingerprint density at radius 2 is 1.60 bits per heavy atom.